The Hall–Kier alpha value is -3.93. The summed E-state index contributed by atoms with van der Waals surface area (Å²) in [5.74, 6) is 0.436. The lowest BCUT2D eigenvalue weighted by Crippen LogP contribution is -2.19. The Morgan fingerprint density at radius 1 is 1.06 bits per heavy atom. The molecule has 1 aliphatic rings. The molecular formula is C25H22N4O2. The van der Waals surface area contributed by atoms with Crippen LogP contribution in [0.1, 0.15) is 34.1 Å². The minimum atomic E-state index is -0.336. The van der Waals surface area contributed by atoms with E-state index in [4.69, 9.17) is 4.74 Å². The average molecular weight is 410 g/mol. The largest absolute Gasteiger partial charge is 0.497 e. The van der Waals surface area contributed by atoms with Gasteiger partial charge in [-0.1, -0.05) is 30.3 Å². The van der Waals surface area contributed by atoms with Gasteiger partial charge in [0.15, 0.2) is 0 Å². The van der Waals surface area contributed by atoms with Crippen molar-refractivity contribution in [3.05, 3.63) is 83.0 Å². The van der Waals surface area contributed by atoms with Gasteiger partial charge in [-0.15, -0.1) is 0 Å². The summed E-state index contributed by atoms with van der Waals surface area (Å²) in [6.07, 6.45) is 2.16. The third kappa shape index (κ3) is 3.46. The Balaban J connectivity index is 1.37. The van der Waals surface area contributed by atoms with Crippen molar-refractivity contribution in [3.8, 4) is 17.0 Å². The van der Waals surface area contributed by atoms with Crippen LogP contribution in [0.4, 0.5) is 0 Å². The lowest BCUT2D eigenvalue weighted by atomic mass is 9.98. The number of aromatic nitrogens is 2. The molecule has 0 atom stereocenters. The van der Waals surface area contributed by atoms with Crippen LogP contribution in [-0.4, -0.2) is 28.9 Å². The Morgan fingerprint density at radius 2 is 1.84 bits per heavy atom. The highest BCUT2D eigenvalue weighted by atomic mass is 16.5. The summed E-state index contributed by atoms with van der Waals surface area (Å²) in [7, 11) is 1.62. The van der Waals surface area contributed by atoms with Crippen LogP contribution in [-0.2, 0) is 12.8 Å². The van der Waals surface area contributed by atoms with Crippen LogP contribution in [0, 0.1) is 0 Å². The number of hydrazone groups is 1. The maximum Gasteiger partial charge on any atom is 0.289 e. The minimum Gasteiger partial charge on any atom is -0.497 e. The van der Waals surface area contributed by atoms with Crippen LogP contribution < -0.4 is 10.2 Å². The summed E-state index contributed by atoms with van der Waals surface area (Å²) in [4.78, 5) is 12.6. The maximum atomic E-state index is 12.6. The van der Waals surface area contributed by atoms with Gasteiger partial charge in [-0.3, -0.25) is 9.89 Å². The first-order valence-corrected chi connectivity index (χ1v) is 10.2. The number of methoxy groups -OCH3 is 1. The van der Waals surface area contributed by atoms with Crippen LogP contribution in [0.15, 0.2) is 65.8 Å². The van der Waals surface area contributed by atoms with E-state index in [1.807, 2.05) is 31.2 Å². The fraction of sp³-hybridized carbons (Fsp3) is 0.160. The molecule has 0 spiro atoms. The van der Waals surface area contributed by atoms with Crippen molar-refractivity contribution in [2.24, 2.45) is 5.10 Å². The smallest absolute Gasteiger partial charge is 0.289 e. The van der Waals surface area contributed by atoms with E-state index in [2.05, 4.69) is 51.1 Å². The van der Waals surface area contributed by atoms with Crippen LogP contribution in [0.3, 0.4) is 0 Å². The molecule has 0 unspecified atom stereocenters. The monoisotopic (exact) mass is 410 g/mol. The quantitative estimate of drug-likeness (QED) is 0.376. The number of hydrogen-bond acceptors (Lipinski definition) is 4. The molecule has 4 aromatic rings. The van der Waals surface area contributed by atoms with Crippen molar-refractivity contribution < 1.29 is 9.53 Å². The lowest BCUT2D eigenvalue weighted by molar-refractivity contribution is 0.0950. The molecule has 6 nitrogen and oxygen atoms in total. The highest BCUT2D eigenvalue weighted by Crippen LogP contribution is 2.36. The van der Waals surface area contributed by atoms with Crippen molar-refractivity contribution in [2.75, 3.05) is 7.11 Å². The van der Waals surface area contributed by atoms with Gasteiger partial charge in [0, 0.05) is 5.56 Å². The predicted molar refractivity (Wildman–Crippen MR) is 122 cm³/mol. The van der Waals surface area contributed by atoms with Gasteiger partial charge in [0.1, 0.15) is 11.4 Å². The molecule has 31 heavy (non-hydrogen) atoms. The second-order valence-electron chi connectivity index (χ2n) is 7.65. The number of carbonyl (C=O) groups is 1. The Bertz CT molecular complexity index is 1310. The molecule has 0 radical (unpaired) electrons. The highest BCUT2D eigenvalue weighted by molar-refractivity contribution is 6.03. The molecule has 2 N–H and O–H groups in total. The van der Waals surface area contributed by atoms with Crippen LogP contribution >= 0.6 is 0 Å². The first-order valence-electron chi connectivity index (χ1n) is 10.2. The molecule has 5 rings (SSSR count). The molecule has 1 amide bonds. The molecule has 0 bridgehead atoms. The fourth-order valence-corrected chi connectivity index (χ4v) is 4.14. The number of rotatable bonds is 5. The minimum absolute atomic E-state index is 0.336. The van der Waals surface area contributed by atoms with E-state index < -0.39 is 0 Å². The molecule has 0 saturated heterocycles. The van der Waals surface area contributed by atoms with Crippen molar-refractivity contribution in [3.63, 3.8) is 0 Å². The first-order chi connectivity index (χ1) is 15.1. The highest BCUT2D eigenvalue weighted by Gasteiger charge is 2.18. The van der Waals surface area contributed by atoms with E-state index in [0.717, 1.165) is 35.4 Å². The van der Waals surface area contributed by atoms with E-state index in [-0.39, 0.29) is 5.91 Å². The molecule has 0 aliphatic heterocycles. The topological polar surface area (TPSA) is 79.4 Å². The third-order valence-corrected chi connectivity index (χ3v) is 5.81. The zero-order chi connectivity index (χ0) is 21.4. The maximum absolute atomic E-state index is 12.6. The van der Waals surface area contributed by atoms with E-state index in [1.54, 1.807) is 13.2 Å². The van der Waals surface area contributed by atoms with Crippen molar-refractivity contribution in [1.82, 2.24) is 15.6 Å². The molecule has 1 heterocycles. The van der Waals surface area contributed by atoms with Crippen LogP contribution in [0.25, 0.3) is 22.0 Å². The second-order valence-corrected chi connectivity index (χ2v) is 7.65. The summed E-state index contributed by atoms with van der Waals surface area (Å²) in [5, 5.41) is 14.0. The SMILES string of the molecule is COc1ccc(/C(C)=N\NC(=O)c2cc(-c3ccc4c5c(cccc35)CC4)n[nH]2)cc1. The number of carbonyl (C=O) groups excluding carboxylic acids is 1. The van der Waals surface area contributed by atoms with Gasteiger partial charge in [0.2, 0.25) is 0 Å². The standard InChI is InChI=1S/C25H22N4O2/c1-15(16-8-11-19(31-2)12-9-16)26-29-25(30)23-14-22(27-28-23)20-13-10-18-7-6-17-4-3-5-21(20)24(17)18/h3-5,8-14H,6-7H2,1-2H3,(H,27,28)(H,29,30)/b26-15-. The van der Waals surface area contributed by atoms with Crippen LogP contribution in [0.5, 0.6) is 5.75 Å². The third-order valence-electron chi connectivity index (χ3n) is 5.81. The van der Waals surface area contributed by atoms with Crippen molar-refractivity contribution in [2.45, 2.75) is 19.8 Å². The van der Waals surface area contributed by atoms with E-state index in [0.29, 0.717) is 11.4 Å². The molecule has 1 aromatic heterocycles. The average Bonchev–Trinajstić information content (AvgIpc) is 3.47. The number of hydrogen-bond donors (Lipinski definition) is 2. The number of amides is 1. The number of aryl methyl sites for hydroxylation is 2. The summed E-state index contributed by atoms with van der Waals surface area (Å²) in [6.45, 7) is 1.84. The summed E-state index contributed by atoms with van der Waals surface area (Å²) >= 11 is 0. The Kier molecular flexibility index (Phi) is 4.75. The number of H-pyrrole nitrogens is 1. The first kappa shape index (κ1) is 19.1. The van der Waals surface area contributed by atoms with E-state index in [9.17, 15) is 4.79 Å². The van der Waals surface area contributed by atoms with Crippen molar-refractivity contribution in [1.29, 1.82) is 0 Å². The lowest BCUT2D eigenvalue weighted by Gasteiger charge is -2.06. The zero-order valence-electron chi connectivity index (χ0n) is 17.4. The van der Waals surface area contributed by atoms with Crippen LogP contribution in [0.2, 0.25) is 0 Å². The molecule has 0 fully saturated rings. The number of ether oxygens (including phenoxy) is 1. The zero-order valence-corrected chi connectivity index (χ0v) is 17.4. The number of benzene rings is 3. The summed E-state index contributed by atoms with van der Waals surface area (Å²) in [5.41, 5.74) is 9.10. The molecule has 1 aliphatic carbocycles. The van der Waals surface area contributed by atoms with E-state index in [1.165, 1.54) is 21.9 Å². The molecular weight excluding hydrogens is 388 g/mol. The molecule has 0 saturated carbocycles. The van der Waals surface area contributed by atoms with E-state index >= 15 is 0 Å². The summed E-state index contributed by atoms with van der Waals surface area (Å²) in [6, 6.07) is 19.9. The summed E-state index contributed by atoms with van der Waals surface area (Å²) < 4.78 is 5.17. The molecule has 154 valence electrons. The van der Waals surface area contributed by atoms with Gasteiger partial charge in [0.05, 0.1) is 18.5 Å². The Morgan fingerprint density at radius 3 is 2.61 bits per heavy atom. The van der Waals surface area contributed by atoms with Gasteiger partial charge in [-0.05, 0) is 77.6 Å². The second kappa shape index (κ2) is 7.72. The molecule has 6 heteroatoms. The number of nitrogens with one attached hydrogen (secondary N) is 2. The fourth-order valence-electron chi connectivity index (χ4n) is 4.14. The predicted octanol–water partition coefficient (Wildman–Crippen LogP) is 4.49. The number of aromatic amines is 1. The van der Waals surface area contributed by atoms with Crippen molar-refractivity contribution >= 4 is 22.4 Å². The normalized spacial score (nSPS) is 12.9. The van der Waals surface area contributed by atoms with Gasteiger partial charge < -0.3 is 4.74 Å². The van der Waals surface area contributed by atoms with Gasteiger partial charge >= 0.3 is 0 Å². The van der Waals surface area contributed by atoms with Gasteiger partial charge in [-0.2, -0.15) is 10.2 Å². The van der Waals surface area contributed by atoms with Gasteiger partial charge in [0.25, 0.3) is 5.91 Å². The molecule has 3 aromatic carbocycles. The van der Waals surface area contributed by atoms with Gasteiger partial charge in [-0.25, -0.2) is 5.43 Å². The Labute approximate surface area is 179 Å². The number of nitrogens with zero attached hydrogens (tertiary/aromatic N) is 2.